The molecule has 3 atom stereocenters. The van der Waals surface area contributed by atoms with Gasteiger partial charge in [-0.2, -0.15) is 13.2 Å². The van der Waals surface area contributed by atoms with Crippen molar-refractivity contribution in [2.45, 2.75) is 46.0 Å². The SMILES string of the molecule is CCOC(=O)[C@H](C)Cc1ccc(F)c(NC(=O)[C@@H](NC(=O)OCc2ccccc2)C(C)C(F)(F)F)c1. The van der Waals surface area contributed by atoms with Crippen LogP contribution in [0.4, 0.5) is 28.0 Å². The number of benzene rings is 2. The second kappa shape index (κ2) is 12.9. The Morgan fingerprint density at radius 3 is 2.25 bits per heavy atom. The third-order valence-corrected chi connectivity index (χ3v) is 5.30. The molecule has 0 heterocycles. The van der Waals surface area contributed by atoms with E-state index in [1.807, 2.05) is 5.32 Å². The molecule has 0 aliphatic rings. The molecule has 0 spiro atoms. The van der Waals surface area contributed by atoms with Gasteiger partial charge in [0, 0.05) is 0 Å². The van der Waals surface area contributed by atoms with Crippen molar-refractivity contribution in [2.75, 3.05) is 11.9 Å². The summed E-state index contributed by atoms with van der Waals surface area (Å²) >= 11 is 0. The van der Waals surface area contributed by atoms with E-state index in [9.17, 15) is 31.9 Å². The van der Waals surface area contributed by atoms with Crippen LogP contribution in [0.2, 0.25) is 0 Å². The molecule has 1 unspecified atom stereocenters. The fraction of sp³-hybridized carbons (Fsp3) is 0.400. The molecule has 0 radical (unpaired) electrons. The van der Waals surface area contributed by atoms with Gasteiger partial charge in [-0.1, -0.05) is 50.2 Å². The van der Waals surface area contributed by atoms with Gasteiger partial charge in [-0.25, -0.2) is 9.18 Å². The van der Waals surface area contributed by atoms with Gasteiger partial charge < -0.3 is 20.1 Å². The number of carbonyl (C=O) groups excluding carboxylic acids is 3. The average molecular weight is 513 g/mol. The molecule has 0 aliphatic carbocycles. The summed E-state index contributed by atoms with van der Waals surface area (Å²) in [5.41, 5.74) is 0.642. The number of ether oxygens (including phenoxy) is 2. The van der Waals surface area contributed by atoms with Crippen LogP contribution in [-0.2, 0) is 32.1 Å². The summed E-state index contributed by atoms with van der Waals surface area (Å²) in [5, 5.41) is 4.04. The van der Waals surface area contributed by atoms with Crippen LogP contribution in [0.15, 0.2) is 48.5 Å². The number of amides is 2. The van der Waals surface area contributed by atoms with Crippen LogP contribution in [0.5, 0.6) is 0 Å². The first-order chi connectivity index (χ1) is 16.9. The van der Waals surface area contributed by atoms with Crippen molar-refractivity contribution in [1.82, 2.24) is 5.32 Å². The fourth-order valence-electron chi connectivity index (χ4n) is 3.23. The molecule has 36 heavy (non-hydrogen) atoms. The zero-order chi connectivity index (χ0) is 26.9. The highest BCUT2D eigenvalue weighted by molar-refractivity contribution is 5.97. The van der Waals surface area contributed by atoms with Gasteiger partial charge in [0.25, 0.3) is 0 Å². The lowest BCUT2D eigenvalue weighted by molar-refractivity contribution is -0.178. The average Bonchev–Trinajstić information content (AvgIpc) is 2.83. The molecule has 2 aromatic carbocycles. The largest absolute Gasteiger partial charge is 0.466 e. The molecule has 196 valence electrons. The van der Waals surface area contributed by atoms with Crippen molar-refractivity contribution in [2.24, 2.45) is 11.8 Å². The van der Waals surface area contributed by atoms with E-state index in [1.165, 1.54) is 12.1 Å². The minimum absolute atomic E-state index is 0.147. The molecule has 2 N–H and O–H groups in total. The number of alkyl carbamates (subject to hydrolysis) is 1. The molecular weight excluding hydrogens is 484 g/mol. The second-order valence-corrected chi connectivity index (χ2v) is 8.17. The summed E-state index contributed by atoms with van der Waals surface area (Å²) in [4.78, 5) is 36.8. The topological polar surface area (TPSA) is 93.7 Å². The number of anilines is 1. The van der Waals surface area contributed by atoms with Crippen LogP contribution in [0.1, 0.15) is 31.9 Å². The van der Waals surface area contributed by atoms with Crippen molar-refractivity contribution in [3.8, 4) is 0 Å². The molecule has 0 saturated heterocycles. The Labute approximate surface area is 206 Å². The maximum absolute atomic E-state index is 14.4. The van der Waals surface area contributed by atoms with Crippen LogP contribution >= 0.6 is 0 Å². The zero-order valence-corrected chi connectivity index (χ0v) is 20.0. The quantitative estimate of drug-likeness (QED) is 0.345. The normalized spacial score (nSPS) is 13.8. The van der Waals surface area contributed by atoms with Crippen molar-refractivity contribution >= 4 is 23.7 Å². The Hall–Kier alpha value is -3.63. The maximum atomic E-state index is 14.4. The lowest BCUT2D eigenvalue weighted by atomic mass is 9.99. The predicted molar refractivity (Wildman–Crippen MR) is 123 cm³/mol. The molecular formula is C25H28F4N2O5. The van der Waals surface area contributed by atoms with Gasteiger partial charge in [-0.3, -0.25) is 9.59 Å². The minimum atomic E-state index is -4.84. The predicted octanol–water partition coefficient (Wildman–Crippen LogP) is 5.00. The van der Waals surface area contributed by atoms with E-state index in [0.29, 0.717) is 11.1 Å². The first kappa shape index (κ1) is 28.6. The second-order valence-electron chi connectivity index (χ2n) is 8.17. The van der Waals surface area contributed by atoms with Crippen molar-refractivity contribution in [1.29, 1.82) is 0 Å². The molecule has 2 rings (SSSR count). The van der Waals surface area contributed by atoms with Crippen LogP contribution in [0.25, 0.3) is 0 Å². The summed E-state index contributed by atoms with van der Waals surface area (Å²) in [6.07, 6.45) is -5.94. The van der Waals surface area contributed by atoms with Gasteiger partial charge >= 0.3 is 18.2 Å². The molecule has 2 amide bonds. The smallest absolute Gasteiger partial charge is 0.408 e. The minimum Gasteiger partial charge on any atom is -0.466 e. The van der Waals surface area contributed by atoms with Gasteiger partial charge in [0.2, 0.25) is 5.91 Å². The van der Waals surface area contributed by atoms with Crippen LogP contribution in [-0.4, -0.2) is 36.8 Å². The number of carbonyl (C=O) groups is 3. The molecule has 0 aromatic heterocycles. The van der Waals surface area contributed by atoms with Gasteiger partial charge in [0.15, 0.2) is 0 Å². The Morgan fingerprint density at radius 1 is 0.972 bits per heavy atom. The van der Waals surface area contributed by atoms with Gasteiger partial charge in [-0.15, -0.1) is 0 Å². The Bertz CT molecular complexity index is 1050. The van der Waals surface area contributed by atoms with Crippen molar-refractivity contribution in [3.63, 3.8) is 0 Å². The Kier molecular flexibility index (Phi) is 10.2. The number of hydrogen-bond acceptors (Lipinski definition) is 5. The van der Waals surface area contributed by atoms with Gasteiger partial charge in [0.05, 0.1) is 24.1 Å². The van der Waals surface area contributed by atoms with E-state index in [-0.39, 0.29) is 19.6 Å². The zero-order valence-electron chi connectivity index (χ0n) is 20.0. The third kappa shape index (κ3) is 8.54. The lowest BCUT2D eigenvalue weighted by Crippen LogP contribution is -2.52. The summed E-state index contributed by atoms with van der Waals surface area (Å²) in [6, 6.07) is 9.93. The summed E-state index contributed by atoms with van der Waals surface area (Å²) in [6.45, 7) is 3.94. The molecule has 7 nitrogen and oxygen atoms in total. The number of rotatable bonds is 10. The number of alkyl halides is 3. The van der Waals surface area contributed by atoms with Crippen molar-refractivity contribution < 1.29 is 41.4 Å². The summed E-state index contributed by atoms with van der Waals surface area (Å²) < 4.78 is 64.5. The first-order valence-corrected chi connectivity index (χ1v) is 11.2. The van der Waals surface area contributed by atoms with E-state index in [4.69, 9.17) is 9.47 Å². The number of nitrogens with one attached hydrogen (secondary N) is 2. The van der Waals surface area contributed by atoms with Gasteiger partial charge in [-0.05, 0) is 36.6 Å². The summed E-state index contributed by atoms with van der Waals surface area (Å²) in [7, 11) is 0. The van der Waals surface area contributed by atoms with Crippen molar-refractivity contribution in [3.05, 3.63) is 65.5 Å². The molecule has 0 fully saturated rings. The molecule has 0 saturated carbocycles. The van der Waals surface area contributed by atoms with Crippen LogP contribution < -0.4 is 10.6 Å². The molecule has 0 bridgehead atoms. The highest BCUT2D eigenvalue weighted by atomic mass is 19.4. The standard InChI is InChI=1S/C25H28F4N2O5/c1-4-35-23(33)15(2)12-18-10-11-19(26)20(13-18)30-22(32)21(16(3)25(27,28)29)31-24(34)36-14-17-8-6-5-7-9-17/h5-11,13,15-16,21H,4,12,14H2,1-3H3,(H,30,32)(H,31,34)/t15-,16?,21+/m1/s1. The third-order valence-electron chi connectivity index (χ3n) is 5.30. The monoisotopic (exact) mass is 512 g/mol. The van der Waals surface area contributed by atoms with E-state index < -0.39 is 53.5 Å². The van der Waals surface area contributed by atoms with E-state index in [2.05, 4.69) is 5.32 Å². The Balaban J connectivity index is 2.16. The van der Waals surface area contributed by atoms with Crippen LogP contribution in [0.3, 0.4) is 0 Å². The number of esters is 1. The number of hydrogen-bond donors (Lipinski definition) is 2. The van der Waals surface area contributed by atoms with Crippen LogP contribution in [0, 0.1) is 17.7 Å². The summed E-state index contributed by atoms with van der Waals surface area (Å²) in [5.74, 6) is -5.54. The highest BCUT2D eigenvalue weighted by Gasteiger charge is 2.45. The molecule has 11 heteroatoms. The highest BCUT2D eigenvalue weighted by Crippen LogP contribution is 2.29. The lowest BCUT2D eigenvalue weighted by Gasteiger charge is -2.26. The van der Waals surface area contributed by atoms with Gasteiger partial charge in [0.1, 0.15) is 18.5 Å². The van der Waals surface area contributed by atoms with E-state index in [0.717, 1.165) is 13.0 Å². The molecule has 0 aliphatic heterocycles. The first-order valence-electron chi connectivity index (χ1n) is 11.2. The van der Waals surface area contributed by atoms with E-state index >= 15 is 0 Å². The Morgan fingerprint density at radius 2 is 1.64 bits per heavy atom. The number of halogens is 4. The molecule has 2 aromatic rings. The van der Waals surface area contributed by atoms with E-state index in [1.54, 1.807) is 44.2 Å². The maximum Gasteiger partial charge on any atom is 0.408 e. The fourth-order valence-corrected chi connectivity index (χ4v) is 3.23.